The molecule has 0 bridgehead atoms. The lowest BCUT2D eigenvalue weighted by Gasteiger charge is -2.25. The Morgan fingerprint density at radius 2 is 2.20 bits per heavy atom. The van der Waals surface area contributed by atoms with Crippen molar-refractivity contribution < 1.29 is 14.0 Å². The number of rotatable bonds is 2. The SMILES string of the molecule is CC(=O)N1CCc2c(sc(NC(=O)c3c(F)cccc3Cl)c2C#N)C1. The van der Waals surface area contributed by atoms with Gasteiger partial charge in [-0.05, 0) is 24.1 Å². The zero-order valence-electron chi connectivity index (χ0n) is 13.2. The molecule has 128 valence electrons. The Hall–Kier alpha value is -2.43. The molecule has 2 heterocycles. The molecule has 0 fully saturated rings. The molecular weight excluding hydrogens is 365 g/mol. The van der Waals surface area contributed by atoms with Crippen molar-refractivity contribution >= 4 is 39.8 Å². The molecule has 25 heavy (non-hydrogen) atoms. The summed E-state index contributed by atoms with van der Waals surface area (Å²) >= 11 is 7.14. The van der Waals surface area contributed by atoms with Gasteiger partial charge in [0.05, 0.1) is 22.7 Å². The smallest absolute Gasteiger partial charge is 0.260 e. The average molecular weight is 378 g/mol. The topological polar surface area (TPSA) is 73.2 Å². The van der Waals surface area contributed by atoms with Gasteiger partial charge in [0.2, 0.25) is 5.91 Å². The molecule has 2 amide bonds. The molecule has 0 spiro atoms. The van der Waals surface area contributed by atoms with Crippen LogP contribution in [-0.4, -0.2) is 23.3 Å². The summed E-state index contributed by atoms with van der Waals surface area (Å²) in [6.07, 6.45) is 0.546. The highest BCUT2D eigenvalue weighted by Crippen LogP contribution is 2.37. The van der Waals surface area contributed by atoms with Gasteiger partial charge in [-0.3, -0.25) is 9.59 Å². The Labute approximate surface area is 152 Å². The van der Waals surface area contributed by atoms with Crippen LogP contribution < -0.4 is 5.32 Å². The van der Waals surface area contributed by atoms with Crippen LogP contribution in [0.1, 0.15) is 33.3 Å². The van der Waals surface area contributed by atoms with Gasteiger partial charge in [-0.1, -0.05) is 17.7 Å². The molecule has 3 rings (SSSR count). The number of hydrogen-bond donors (Lipinski definition) is 1. The van der Waals surface area contributed by atoms with Gasteiger partial charge >= 0.3 is 0 Å². The van der Waals surface area contributed by atoms with Crippen LogP contribution in [0.4, 0.5) is 9.39 Å². The largest absolute Gasteiger partial charge is 0.337 e. The summed E-state index contributed by atoms with van der Waals surface area (Å²) in [5.74, 6) is -1.48. The number of nitrogens with one attached hydrogen (secondary N) is 1. The molecule has 0 saturated heterocycles. The minimum absolute atomic E-state index is 0.0000759. The number of amides is 2. The number of fused-ring (bicyclic) bond motifs is 1. The fourth-order valence-electron chi connectivity index (χ4n) is 2.76. The number of halogens is 2. The summed E-state index contributed by atoms with van der Waals surface area (Å²) in [4.78, 5) is 26.5. The Kier molecular flexibility index (Phi) is 4.75. The fraction of sp³-hybridized carbons (Fsp3) is 0.235. The minimum Gasteiger partial charge on any atom is -0.337 e. The predicted octanol–water partition coefficient (Wildman–Crippen LogP) is 3.57. The molecule has 0 saturated carbocycles. The van der Waals surface area contributed by atoms with E-state index in [0.29, 0.717) is 30.1 Å². The standard InChI is InChI=1S/C17H13ClFN3O2S/c1-9(23)22-6-5-10-11(7-20)17(25-14(10)8-22)21-16(24)15-12(18)3-2-4-13(15)19/h2-4H,5-6,8H2,1H3,(H,21,24). The van der Waals surface area contributed by atoms with E-state index >= 15 is 0 Å². The third-order valence-electron chi connectivity index (χ3n) is 4.03. The fourth-order valence-corrected chi connectivity index (χ4v) is 4.22. The van der Waals surface area contributed by atoms with Crippen LogP contribution in [0.5, 0.6) is 0 Å². The van der Waals surface area contributed by atoms with Crippen molar-refractivity contribution in [3.05, 3.63) is 50.6 Å². The van der Waals surface area contributed by atoms with Crippen molar-refractivity contribution in [3.63, 3.8) is 0 Å². The molecule has 1 N–H and O–H groups in total. The van der Waals surface area contributed by atoms with Crippen LogP contribution in [0.2, 0.25) is 5.02 Å². The number of benzene rings is 1. The van der Waals surface area contributed by atoms with Gasteiger partial charge < -0.3 is 10.2 Å². The van der Waals surface area contributed by atoms with Crippen LogP contribution >= 0.6 is 22.9 Å². The van der Waals surface area contributed by atoms with Gasteiger partial charge in [-0.25, -0.2) is 4.39 Å². The van der Waals surface area contributed by atoms with E-state index in [4.69, 9.17) is 11.6 Å². The second-order valence-electron chi connectivity index (χ2n) is 5.56. The van der Waals surface area contributed by atoms with Crippen LogP contribution in [0.15, 0.2) is 18.2 Å². The highest BCUT2D eigenvalue weighted by Gasteiger charge is 2.27. The molecule has 0 unspecified atom stereocenters. The lowest BCUT2D eigenvalue weighted by atomic mass is 10.0. The molecule has 0 aliphatic carbocycles. The summed E-state index contributed by atoms with van der Waals surface area (Å²) in [5.41, 5.74) is 0.939. The maximum atomic E-state index is 13.9. The molecule has 8 heteroatoms. The van der Waals surface area contributed by atoms with Gasteiger partial charge in [-0.2, -0.15) is 5.26 Å². The average Bonchev–Trinajstić information content (AvgIpc) is 2.90. The lowest BCUT2D eigenvalue weighted by molar-refractivity contribution is -0.129. The van der Waals surface area contributed by atoms with E-state index in [9.17, 15) is 19.2 Å². The number of anilines is 1. The zero-order chi connectivity index (χ0) is 18.1. The van der Waals surface area contributed by atoms with E-state index in [1.54, 1.807) is 4.90 Å². The number of nitrogens with zero attached hydrogens (tertiary/aromatic N) is 2. The predicted molar refractivity (Wildman–Crippen MR) is 93.2 cm³/mol. The Bertz CT molecular complexity index is 899. The third kappa shape index (κ3) is 3.23. The van der Waals surface area contributed by atoms with Gasteiger partial charge in [0.25, 0.3) is 5.91 Å². The maximum absolute atomic E-state index is 13.9. The quantitative estimate of drug-likeness (QED) is 0.869. The van der Waals surface area contributed by atoms with Crippen molar-refractivity contribution in [2.45, 2.75) is 19.9 Å². The molecule has 1 aromatic heterocycles. The highest BCUT2D eigenvalue weighted by molar-refractivity contribution is 7.16. The number of carbonyl (C=O) groups excluding carboxylic acids is 2. The Morgan fingerprint density at radius 1 is 1.44 bits per heavy atom. The molecule has 1 aliphatic rings. The van der Waals surface area contributed by atoms with Gasteiger partial charge in [0, 0.05) is 18.3 Å². The molecular formula is C17H13ClFN3O2S. The number of nitriles is 1. The van der Waals surface area contributed by atoms with E-state index in [-0.39, 0.29) is 16.5 Å². The van der Waals surface area contributed by atoms with E-state index in [1.165, 1.54) is 30.4 Å². The van der Waals surface area contributed by atoms with Gasteiger partial charge in [-0.15, -0.1) is 11.3 Å². The van der Waals surface area contributed by atoms with Crippen LogP contribution in [-0.2, 0) is 17.8 Å². The molecule has 1 aliphatic heterocycles. The first-order chi connectivity index (χ1) is 11.9. The Balaban J connectivity index is 1.93. The summed E-state index contributed by atoms with van der Waals surface area (Å²) in [5, 5.41) is 12.4. The normalized spacial score (nSPS) is 13.1. The number of hydrogen-bond acceptors (Lipinski definition) is 4. The van der Waals surface area contributed by atoms with Crippen LogP contribution in [0, 0.1) is 17.1 Å². The minimum atomic E-state index is -0.729. The summed E-state index contributed by atoms with van der Waals surface area (Å²) in [7, 11) is 0. The first-order valence-corrected chi connectivity index (χ1v) is 8.67. The zero-order valence-corrected chi connectivity index (χ0v) is 14.8. The summed E-state index contributed by atoms with van der Waals surface area (Å²) in [6, 6.07) is 6.09. The number of carbonyl (C=O) groups is 2. The van der Waals surface area contributed by atoms with Gasteiger partial charge in [0.15, 0.2) is 0 Å². The van der Waals surface area contributed by atoms with Gasteiger partial charge in [0.1, 0.15) is 16.9 Å². The van der Waals surface area contributed by atoms with Crippen molar-refractivity contribution in [2.24, 2.45) is 0 Å². The maximum Gasteiger partial charge on any atom is 0.260 e. The molecule has 2 aromatic rings. The van der Waals surface area contributed by atoms with Crippen molar-refractivity contribution in [3.8, 4) is 6.07 Å². The Morgan fingerprint density at radius 3 is 2.84 bits per heavy atom. The second kappa shape index (κ2) is 6.82. The van der Waals surface area contributed by atoms with E-state index in [1.807, 2.05) is 0 Å². The van der Waals surface area contributed by atoms with Crippen LogP contribution in [0.25, 0.3) is 0 Å². The van der Waals surface area contributed by atoms with E-state index in [0.717, 1.165) is 16.5 Å². The van der Waals surface area contributed by atoms with E-state index in [2.05, 4.69) is 11.4 Å². The monoisotopic (exact) mass is 377 g/mol. The summed E-state index contributed by atoms with van der Waals surface area (Å²) in [6.45, 7) is 2.42. The van der Waals surface area contributed by atoms with Crippen molar-refractivity contribution in [1.82, 2.24) is 4.90 Å². The van der Waals surface area contributed by atoms with Crippen molar-refractivity contribution in [2.75, 3.05) is 11.9 Å². The molecule has 1 aromatic carbocycles. The highest BCUT2D eigenvalue weighted by atomic mass is 35.5. The third-order valence-corrected chi connectivity index (χ3v) is 5.48. The van der Waals surface area contributed by atoms with E-state index < -0.39 is 11.7 Å². The molecule has 5 nitrogen and oxygen atoms in total. The molecule has 0 radical (unpaired) electrons. The second-order valence-corrected chi connectivity index (χ2v) is 7.07. The lowest BCUT2D eigenvalue weighted by Crippen LogP contribution is -2.33. The summed E-state index contributed by atoms with van der Waals surface area (Å²) < 4.78 is 13.9. The van der Waals surface area contributed by atoms with Crippen molar-refractivity contribution in [1.29, 1.82) is 5.26 Å². The first-order valence-electron chi connectivity index (χ1n) is 7.48. The number of thiophene rings is 1. The molecule has 0 atom stereocenters. The first kappa shape index (κ1) is 17.4. The van der Waals surface area contributed by atoms with Crippen LogP contribution in [0.3, 0.4) is 0 Å².